The molecule has 0 radical (unpaired) electrons. The summed E-state index contributed by atoms with van der Waals surface area (Å²) in [6.07, 6.45) is 1.09. The molecule has 0 unspecified atom stereocenters. The van der Waals surface area contributed by atoms with Crippen LogP contribution in [0.25, 0.3) is 0 Å². The minimum atomic E-state index is 0.0639. The summed E-state index contributed by atoms with van der Waals surface area (Å²) in [5, 5.41) is 4.13. The first-order valence-electron chi connectivity index (χ1n) is 6.88. The zero-order valence-corrected chi connectivity index (χ0v) is 13.4. The Kier molecular flexibility index (Phi) is 4.66. The van der Waals surface area contributed by atoms with Gasteiger partial charge in [0.25, 0.3) is 0 Å². The molecule has 0 spiro atoms. The lowest BCUT2D eigenvalue weighted by Gasteiger charge is -2.32. The maximum Gasteiger partial charge on any atom is 0.143 e. The highest BCUT2D eigenvalue weighted by Gasteiger charge is 2.26. The minimum absolute atomic E-state index is 0.0639. The van der Waals surface area contributed by atoms with Crippen LogP contribution in [0, 0.1) is 0 Å². The first-order chi connectivity index (χ1) is 9.46. The molecule has 1 aromatic rings. The highest BCUT2D eigenvalue weighted by Crippen LogP contribution is 2.38. The molecule has 112 valence electrons. The van der Waals surface area contributed by atoms with E-state index in [1.165, 1.54) is 0 Å². The fourth-order valence-electron chi connectivity index (χ4n) is 2.61. The van der Waals surface area contributed by atoms with Crippen LogP contribution in [-0.4, -0.2) is 39.4 Å². The third kappa shape index (κ3) is 3.30. The molecule has 1 aromatic carbocycles. The van der Waals surface area contributed by atoms with Gasteiger partial charge < -0.3 is 19.7 Å². The van der Waals surface area contributed by atoms with E-state index in [0.29, 0.717) is 10.8 Å². The fourth-order valence-corrected chi connectivity index (χ4v) is 2.84. The number of benzene rings is 1. The monoisotopic (exact) mass is 298 g/mol. The number of nitrogens with zero attached hydrogens (tertiary/aromatic N) is 1. The minimum Gasteiger partial charge on any atom is -0.495 e. The van der Waals surface area contributed by atoms with Gasteiger partial charge in [-0.3, -0.25) is 0 Å². The van der Waals surface area contributed by atoms with Gasteiger partial charge in [0.05, 0.1) is 24.9 Å². The number of hydrogen-bond acceptors (Lipinski definition) is 4. The van der Waals surface area contributed by atoms with Crippen LogP contribution < -0.4 is 19.7 Å². The number of nitrogens with one attached hydrogen (secondary N) is 1. The molecule has 20 heavy (non-hydrogen) atoms. The summed E-state index contributed by atoms with van der Waals surface area (Å²) in [5.74, 6) is 1.46. The average Bonchev–Trinajstić information content (AvgIpc) is 2.59. The van der Waals surface area contributed by atoms with E-state index in [2.05, 4.69) is 24.1 Å². The Morgan fingerprint density at radius 2 is 1.90 bits per heavy atom. The van der Waals surface area contributed by atoms with Gasteiger partial charge in [0, 0.05) is 30.8 Å². The first-order valence-corrected chi connectivity index (χ1v) is 7.26. The van der Waals surface area contributed by atoms with E-state index in [9.17, 15) is 0 Å². The van der Waals surface area contributed by atoms with Gasteiger partial charge in [0.2, 0.25) is 0 Å². The molecule has 0 bridgehead atoms. The standard InChI is InChI=1S/C15H23ClN2O2/c1-15(2)10-18(7-5-6-17-15)12-9-13(19-3)11(16)8-14(12)20-4/h8-9,17H,5-7,10H2,1-4H3. The second-order valence-electron chi connectivity index (χ2n) is 5.74. The largest absolute Gasteiger partial charge is 0.495 e. The van der Waals surface area contributed by atoms with Crippen LogP contribution in [0.3, 0.4) is 0 Å². The summed E-state index contributed by atoms with van der Waals surface area (Å²) in [5.41, 5.74) is 1.10. The molecule has 0 aromatic heterocycles. The SMILES string of the molecule is COc1cc(N2CCCNC(C)(C)C2)c(OC)cc1Cl. The molecule has 1 heterocycles. The topological polar surface area (TPSA) is 33.7 Å². The van der Waals surface area contributed by atoms with Crippen molar-refractivity contribution in [3.05, 3.63) is 17.2 Å². The molecule has 1 aliphatic heterocycles. The molecule has 2 rings (SSSR count). The van der Waals surface area contributed by atoms with Gasteiger partial charge in [0.15, 0.2) is 0 Å². The van der Waals surface area contributed by atoms with Crippen molar-refractivity contribution in [2.75, 3.05) is 38.8 Å². The van der Waals surface area contributed by atoms with E-state index < -0.39 is 0 Å². The molecule has 1 N–H and O–H groups in total. The summed E-state index contributed by atoms with van der Waals surface area (Å²) in [4.78, 5) is 2.33. The van der Waals surface area contributed by atoms with Crippen LogP contribution in [0.5, 0.6) is 11.5 Å². The molecule has 5 heteroatoms. The highest BCUT2D eigenvalue weighted by molar-refractivity contribution is 6.32. The van der Waals surface area contributed by atoms with Crippen LogP contribution in [0.4, 0.5) is 5.69 Å². The Bertz CT molecular complexity index is 477. The molecule has 0 saturated carbocycles. The Morgan fingerprint density at radius 3 is 2.55 bits per heavy atom. The smallest absolute Gasteiger partial charge is 0.143 e. The fraction of sp³-hybridized carbons (Fsp3) is 0.600. The summed E-state index contributed by atoms with van der Waals surface area (Å²) in [6, 6.07) is 3.78. The van der Waals surface area contributed by atoms with Crippen molar-refractivity contribution in [2.24, 2.45) is 0 Å². The number of halogens is 1. The summed E-state index contributed by atoms with van der Waals surface area (Å²) >= 11 is 6.17. The number of anilines is 1. The van der Waals surface area contributed by atoms with Crippen LogP contribution in [0.2, 0.25) is 5.02 Å². The molecule has 0 atom stereocenters. The van der Waals surface area contributed by atoms with E-state index in [-0.39, 0.29) is 5.54 Å². The third-order valence-electron chi connectivity index (χ3n) is 3.59. The van der Waals surface area contributed by atoms with Crippen molar-refractivity contribution in [3.8, 4) is 11.5 Å². The molecule has 1 aliphatic rings. The van der Waals surface area contributed by atoms with Gasteiger partial charge in [0.1, 0.15) is 11.5 Å². The maximum atomic E-state index is 6.17. The van der Waals surface area contributed by atoms with Gasteiger partial charge in [-0.1, -0.05) is 11.6 Å². The van der Waals surface area contributed by atoms with Crippen LogP contribution in [0.1, 0.15) is 20.3 Å². The van der Waals surface area contributed by atoms with E-state index in [4.69, 9.17) is 21.1 Å². The van der Waals surface area contributed by atoms with Gasteiger partial charge in [-0.05, 0) is 26.8 Å². The average molecular weight is 299 g/mol. The first kappa shape index (κ1) is 15.3. The highest BCUT2D eigenvalue weighted by atomic mass is 35.5. The Hall–Kier alpha value is -1.13. The molecule has 4 nitrogen and oxygen atoms in total. The lowest BCUT2D eigenvalue weighted by Crippen LogP contribution is -2.46. The van der Waals surface area contributed by atoms with Gasteiger partial charge in [-0.25, -0.2) is 0 Å². The zero-order chi connectivity index (χ0) is 14.8. The third-order valence-corrected chi connectivity index (χ3v) is 3.88. The molecular weight excluding hydrogens is 276 g/mol. The quantitative estimate of drug-likeness (QED) is 0.930. The van der Waals surface area contributed by atoms with E-state index in [0.717, 1.165) is 37.5 Å². The number of methoxy groups -OCH3 is 2. The van der Waals surface area contributed by atoms with Crippen LogP contribution in [0.15, 0.2) is 12.1 Å². The van der Waals surface area contributed by atoms with Crippen molar-refractivity contribution in [1.82, 2.24) is 5.32 Å². The zero-order valence-electron chi connectivity index (χ0n) is 12.6. The summed E-state index contributed by atoms with van der Waals surface area (Å²) in [7, 11) is 3.30. The van der Waals surface area contributed by atoms with Gasteiger partial charge in [-0.15, -0.1) is 0 Å². The second-order valence-corrected chi connectivity index (χ2v) is 6.15. The van der Waals surface area contributed by atoms with E-state index in [1.807, 2.05) is 12.1 Å². The van der Waals surface area contributed by atoms with Crippen LogP contribution in [-0.2, 0) is 0 Å². The van der Waals surface area contributed by atoms with Crippen molar-refractivity contribution < 1.29 is 9.47 Å². The predicted molar refractivity (Wildman–Crippen MR) is 83.5 cm³/mol. The number of rotatable bonds is 3. The summed E-state index contributed by atoms with van der Waals surface area (Å²) in [6.45, 7) is 7.35. The van der Waals surface area contributed by atoms with Crippen molar-refractivity contribution >= 4 is 17.3 Å². The molecule has 0 amide bonds. The van der Waals surface area contributed by atoms with Crippen LogP contribution >= 0.6 is 11.6 Å². The van der Waals surface area contributed by atoms with E-state index >= 15 is 0 Å². The Morgan fingerprint density at radius 1 is 1.20 bits per heavy atom. The molecule has 1 saturated heterocycles. The molecule has 1 fully saturated rings. The number of ether oxygens (including phenoxy) is 2. The predicted octanol–water partition coefficient (Wildman–Crippen LogP) is 2.94. The number of hydrogen-bond donors (Lipinski definition) is 1. The van der Waals surface area contributed by atoms with Crippen molar-refractivity contribution in [2.45, 2.75) is 25.8 Å². The van der Waals surface area contributed by atoms with Crippen molar-refractivity contribution in [3.63, 3.8) is 0 Å². The molecular formula is C15H23ClN2O2. The van der Waals surface area contributed by atoms with Gasteiger partial charge in [-0.2, -0.15) is 0 Å². The normalized spacial score (nSPS) is 18.6. The van der Waals surface area contributed by atoms with Crippen molar-refractivity contribution in [1.29, 1.82) is 0 Å². The molecule has 0 aliphatic carbocycles. The lowest BCUT2D eigenvalue weighted by molar-refractivity contribution is 0.397. The Labute approximate surface area is 126 Å². The van der Waals surface area contributed by atoms with Gasteiger partial charge >= 0.3 is 0 Å². The summed E-state index contributed by atoms with van der Waals surface area (Å²) < 4.78 is 10.8. The second kappa shape index (κ2) is 6.10. The maximum absolute atomic E-state index is 6.17. The van der Waals surface area contributed by atoms with E-state index in [1.54, 1.807) is 14.2 Å². The Balaban J connectivity index is 2.39. The lowest BCUT2D eigenvalue weighted by atomic mass is 10.1.